The van der Waals surface area contributed by atoms with Crippen molar-refractivity contribution in [2.45, 2.75) is 13.0 Å². The molecule has 1 aromatic heterocycles. The van der Waals surface area contributed by atoms with E-state index in [9.17, 15) is 4.79 Å². The third-order valence-corrected chi connectivity index (χ3v) is 5.37. The fraction of sp³-hybridized carbons (Fsp3) is 0.150. The molecule has 130 valence electrons. The molecule has 0 saturated carbocycles. The van der Waals surface area contributed by atoms with Crippen molar-refractivity contribution in [1.29, 1.82) is 0 Å². The van der Waals surface area contributed by atoms with Crippen molar-refractivity contribution >= 4 is 33.4 Å². The molecule has 1 amide bonds. The lowest BCUT2D eigenvalue weighted by Crippen LogP contribution is -2.36. The Labute approximate surface area is 165 Å². The molecule has 0 unspecified atom stereocenters. The first-order valence-electron chi connectivity index (χ1n) is 8.26. The normalized spacial score (nSPS) is 13.4. The van der Waals surface area contributed by atoms with Gasteiger partial charge in [-0.15, -0.1) is 0 Å². The zero-order valence-electron chi connectivity index (χ0n) is 13.8. The summed E-state index contributed by atoms with van der Waals surface area (Å²) in [6, 6.07) is 15.0. The Morgan fingerprint density at radius 1 is 1.12 bits per heavy atom. The molecule has 4 rings (SSSR count). The summed E-state index contributed by atoms with van der Waals surface area (Å²) >= 11 is 9.39. The van der Waals surface area contributed by atoms with Crippen LogP contribution in [0.5, 0.6) is 0 Å². The maximum Gasteiger partial charge on any atom is 0.255 e. The van der Waals surface area contributed by atoms with Crippen LogP contribution in [0.1, 0.15) is 21.6 Å². The van der Waals surface area contributed by atoms with Gasteiger partial charge < -0.3 is 4.90 Å². The molecule has 0 bridgehead atoms. The van der Waals surface area contributed by atoms with E-state index >= 15 is 0 Å². The minimum Gasteiger partial charge on any atom is -0.334 e. The summed E-state index contributed by atoms with van der Waals surface area (Å²) < 4.78 is 0.810. The van der Waals surface area contributed by atoms with Crippen molar-refractivity contribution in [1.82, 2.24) is 14.9 Å². The van der Waals surface area contributed by atoms with E-state index in [1.165, 1.54) is 0 Å². The highest BCUT2D eigenvalue weighted by Crippen LogP contribution is 2.25. The van der Waals surface area contributed by atoms with Gasteiger partial charge in [0.1, 0.15) is 0 Å². The highest BCUT2D eigenvalue weighted by Gasteiger charge is 2.24. The van der Waals surface area contributed by atoms with Gasteiger partial charge in [-0.3, -0.25) is 4.79 Å². The molecule has 6 heteroatoms. The largest absolute Gasteiger partial charge is 0.334 e. The van der Waals surface area contributed by atoms with Gasteiger partial charge in [0.2, 0.25) is 0 Å². The van der Waals surface area contributed by atoms with Crippen molar-refractivity contribution in [2.75, 3.05) is 6.54 Å². The molecule has 1 aliphatic heterocycles. The standard InChI is InChI=1S/C20H15BrClN3O/c21-17-4-2-1-3-16(17)20(26)25-10-9-18-14(12-25)11-23-19(24-18)13-5-7-15(22)8-6-13/h1-8,11H,9-10,12H2. The van der Waals surface area contributed by atoms with E-state index in [0.717, 1.165) is 21.3 Å². The van der Waals surface area contributed by atoms with Crippen LogP contribution >= 0.6 is 27.5 Å². The van der Waals surface area contributed by atoms with Crippen molar-refractivity contribution in [3.63, 3.8) is 0 Å². The van der Waals surface area contributed by atoms with E-state index in [1.807, 2.05) is 59.6 Å². The summed E-state index contributed by atoms with van der Waals surface area (Å²) in [5, 5.41) is 0.688. The first-order chi connectivity index (χ1) is 12.6. The lowest BCUT2D eigenvalue weighted by Gasteiger charge is -2.28. The van der Waals surface area contributed by atoms with Gasteiger partial charge in [0.05, 0.1) is 11.3 Å². The number of nitrogens with zero attached hydrogens (tertiary/aromatic N) is 3. The average Bonchev–Trinajstić information content (AvgIpc) is 2.67. The smallest absolute Gasteiger partial charge is 0.255 e. The molecular formula is C20H15BrClN3O. The van der Waals surface area contributed by atoms with Gasteiger partial charge in [-0.2, -0.15) is 0 Å². The second kappa shape index (κ2) is 7.17. The van der Waals surface area contributed by atoms with Crippen LogP contribution in [-0.2, 0) is 13.0 Å². The van der Waals surface area contributed by atoms with E-state index in [2.05, 4.69) is 20.9 Å². The summed E-state index contributed by atoms with van der Waals surface area (Å²) in [7, 11) is 0. The van der Waals surface area contributed by atoms with Crippen LogP contribution in [0.3, 0.4) is 0 Å². The van der Waals surface area contributed by atoms with Crippen molar-refractivity contribution in [3.8, 4) is 11.4 Å². The van der Waals surface area contributed by atoms with Gasteiger partial charge in [-0.05, 0) is 52.3 Å². The molecule has 0 saturated heterocycles. The molecule has 0 aliphatic carbocycles. The summed E-state index contributed by atoms with van der Waals surface area (Å²) in [4.78, 5) is 23.8. The molecule has 0 fully saturated rings. The number of hydrogen-bond acceptors (Lipinski definition) is 3. The summed E-state index contributed by atoms with van der Waals surface area (Å²) in [6.45, 7) is 1.17. The van der Waals surface area contributed by atoms with Gasteiger partial charge >= 0.3 is 0 Å². The van der Waals surface area contributed by atoms with Gasteiger partial charge in [-0.1, -0.05) is 23.7 Å². The van der Waals surface area contributed by atoms with Gasteiger partial charge in [0.25, 0.3) is 5.91 Å². The highest BCUT2D eigenvalue weighted by molar-refractivity contribution is 9.10. The Balaban J connectivity index is 1.57. The first kappa shape index (κ1) is 17.2. The number of carbonyl (C=O) groups excluding carboxylic acids is 1. The number of aromatic nitrogens is 2. The quantitative estimate of drug-likeness (QED) is 0.591. The van der Waals surface area contributed by atoms with Gasteiger partial charge in [0.15, 0.2) is 5.82 Å². The number of halogens is 2. The molecule has 0 spiro atoms. The zero-order chi connectivity index (χ0) is 18.1. The Bertz CT molecular complexity index is 975. The fourth-order valence-electron chi connectivity index (χ4n) is 3.03. The fourth-order valence-corrected chi connectivity index (χ4v) is 3.61. The predicted octanol–water partition coefficient (Wildman–Crippen LogP) is 4.76. The number of amides is 1. The molecule has 0 radical (unpaired) electrons. The SMILES string of the molecule is O=C(c1ccccc1Br)N1CCc2nc(-c3ccc(Cl)cc3)ncc2C1. The number of rotatable bonds is 2. The topological polar surface area (TPSA) is 46.1 Å². The molecular weight excluding hydrogens is 414 g/mol. The minimum absolute atomic E-state index is 0.0184. The van der Waals surface area contributed by atoms with Crippen LogP contribution in [-0.4, -0.2) is 27.3 Å². The lowest BCUT2D eigenvalue weighted by atomic mass is 10.1. The minimum atomic E-state index is 0.0184. The van der Waals surface area contributed by atoms with E-state index in [-0.39, 0.29) is 5.91 Å². The monoisotopic (exact) mass is 427 g/mol. The van der Waals surface area contributed by atoms with Crippen molar-refractivity contribution in [2.24, 2.45) is 0 Å². The Hall–Kier alpha value is -2.24. The maximum absolute atomic E-state index is 12.8. The van der Waals surface area contributed by atoms with Crippen molar-refractivity contribution in [3.05, 3.63) is 81.0 Å². The Kier molecular flexibility index (Phi) is 4.74. The number of carbonyl (C=O) groups is 1. The third kappa shape index (κ3) is 3.37. The molecule has 0 atom stereocenters. The number of hydrogen-bond donors (Lipinski definition) is 0. The van der Waals surface area contributed by atoms with Gasteiger partial charge in [-0.25, -0.2) is 9.97 Å². The van der Waals surface area contributed by atoms with Crippen LogP contribution in [0.2, 0.25) is 5.02 Å². The predicted molar refractivity (Wildman–Crippen MR) is 105 cm³/mol. The van der Waals surface area contributed by atoms with Crippen molar-refractivity contribution < 1.29 is 4.79 Å². The lowest BCUT2D eigenvalue weighted by molar-refractivity contribution is 0.0732. The molecule has 4 nitrogen and oxygen atoms in total. The maximum atomic E-state index is 12.8. The Morgan fingerprint density at radius 2 is 1.88 bits per heavy atom. The van der Waals surface area contributed by atoms with Crippen LogP contribution < -0.4 is 0 Å². The molecule has 26 heavy (non-hydrogen) atoms. The summed E-state index contributed by atoms with van der Waals surface area (Å²) in [5.74, 6) is 0.705. The van der Waals surface area contributed by atoms with E-state index < -0.39 is 0 Å². The van der Waals surface area contributed by atoms with Crippen LogP contribution in [0, 0.1) is 0 Å². The van der Waals surface area contributed by atoms with Crippen LogP contribution in [0.15, 0.2) is 59.2 Å². The second-order valence-corrected chi connectivity index (χ2v) is 7.42. The molecule has 0 N–H and O–H groups in total. The third-order valence-electron chi connectivity index (χ3n) is 4.43. The highest BCUT2D eigenvalue weighted by atomic mass is 79.9. The first-order valence-corrected chi connectivity index (χ1v) is 9.43. The average molecular weight is 429 g/mol. The van der Waals surface area contributed by atoms with E-state index in [4.69, 9.17) is 16.6 Å². The molecule has 1 aliphatic rings. The number of benzene rings is 2. The molecule has 3 aromatic rings. The van der Waals surface area contributed by atoms with E-state index in [1.54, 1.807) is 0 Å². The molecule has 2 heterocycles. The summed E-state index contributed by atoms with van der Waals surface area (Å²) in [5.41, 5.74) is 3.61. The zero-order valence-corrected chi connectivity index (χ0v) is 16.2. The second-order valence-electron chi connectivity index (χ2n) is 6.13. The van der Waals surface area contributed by atoms with E-state index in [0.29, 0.717) is 35.9 Å². The van der Waals surface area contributed by atoms with Crippen LogP contribution in [0.25, 0.3) is 11.4 Å². The molecule has 2 aromatic carbocycles. The van der Waals surface area contributed by atoms with Crippen LogP contribution in [0.4, 0.5) is 0 Å². The summed E-state index contributed by atoms with van der Waals surface area (Å²) in [6.07, 6.45) is 2.54. The number of fused-ring (bicyclic) bond motifs is 1. The van der Waals surface area contributed by atoms with Gasteiger partial charge in [0, 0.05) is 46.3 Å². The Morgan fingerprint density at radius 3 is 2.65 bits per heavy atom.